The van der Waals surface area contributed by atoms with E-state index in [1.54, 1.807) is 0 Å². The van der Waals surface area contributed by atoms with Crippen LogP contribution in [-0.4, -0.2) is 16.7 Å². The first-order valence-electron chi connectivity index (χ1n) is 7.86. The van der Waals surface area contributed by atoms with E-state index >= 15 is 0 Å². The second kappa shape index (κ2) is 6.73. The van der Waals surface area contributed by atoms with Gasteiger partial charge in [-0.2, -0.15) is 0 Å². The maximum Gasteiger partial charge on any atom is 0.350 e. The predicted octanol–water partition coefficient (Wildman–Crippen LogP) is 4.07. The first-order valence-corrected chi connectivity index (χ1v) is 8.24. The monoisotopic (exact) mass is 349 g/mol. The Labute approximate surface area is 143 Å². The number of rotatable bonds is 3. The minimum atomic E-state index is -0.841. The molecule has 1 aromatic rings. The van der Waals surface area contributed by atoms with Gasteiger partial charge in [0.05, 0.1) is 4.92 Å². The maximum absolute atomic E-state index is 12.3. The third kappa shape index (κ3) is 3.33. The van der Waals surface area contributed by atoms with Gasteiger partial charge in [-0.05, 0) is 30.9 Å². The van der Waals surface area contributed by atoms with Crippen LogP contribution in [-0.2, 0) is 9.53 Å². The van der Waals surface area contributed by atoms with Crippen molar-refractivity contribution >= 4 is 29.0 Å². The highest BCUT2D eigenvalue weighted by atomic mass is 35.5. The molecule has 7 heteroatoms. The van der Waals surface area contributed by atoms with E-state index in [2.05, 4.69) is 0 Å². The van der Waals surface area contributed by atoms with E-state index in [0.717, 1.165) is 31.7 Å². The highest BCUT2D eigenvalue weighted by Gasteiger charge is 2.35. The van der Waals surface area contributed by atoms with E-state index in [1.165, 1.54) is 18.2 Å². The number of ketones is 1. The smallest absolute Gasteiger partial charge is 0.350 e. The molecule has 0 bridgehead atoms. The largest absolute Gasteiger partial charge is 0.427 e. The number of halogens is 1. The average Bonchev–Trinajstić information content (AvgIpc) is 2.54. The van der Waals surface area contributed by atoms with E-state index in [-0.39, 0.29) is 34.0 Å². The number of esters is 1. The zero-order valence-electron chi connectivity index (χ0n) is 12.9. The zero-order valence-corrected chi connectivity index (χ0v) is 13.6. The van der Waals surface area contributed by atoms with Gasteiger partial charge in [0, 0.05) is 29.5 Å². The number of carbonyl (C=O) groups is 2. The maximum atomic E-state index is 12.3. The number of allylic oxidation sites excluding steroid dienone is 2. The van der Waals surface area contributed by atoms with Gasteiger partial charge in [0.1, 0.15) is 11.3 Å². The lowest BCUT2D eigenvalue weighted by Gasteiger charge is -2.33. The lowest BCUT2D eigenvalue weighted by atomic mass is 9.72. The van der Waals surface area contributed by atoms with Crippen LogP contribution in [0.2, 0.25) is 5.02 Å². The molecule has 6 nitrogen and oxygen atoms in total. The number of carbonyl (C=O) groups excluding carboxylic acids is 2. The third-order valence-electron chi connectivity index (χ3n) is 4.64. The second-order valence-electron chi connectivity index (χ2n) is 6.18. The Kier molecular flexibility index (Phi) is 4.66. The standard InChI is InChI=1S/C17H16ClNO5/c18-11-5-6-14(15(8-11)19(22)23)17(21)24-12-7-10-3-1-2-4-13(10)16(20)9-12/h5-6,8-10,13H,1-4,7H2. The zero-order chi connectivity index (χ0) is 17.3. The van der Waals surface area contributed by atoms with Crippen molar-refractivity contribution in [2.45, 2.75) is 32.1 Å². The molecule has 2 atom stereocenters. The summed E-state index contributed by atoms with van der Waals surface area (Å²) in [5.41, 5.74) is -0.589. The molecule has 0 aromatic heterocycles. The molecule has 0 amide bonds. The molecule has 24 heavy (non-hydrogen) atoms. The lowest BCUT2D eigenvalue weighted by Crippen LogP contribution is -2.31. The van der Waals surface area contributed by atoms with Gasteiger partial charge in [0.15, 0.2) is 5.78 Å². The van der Waals surface area contributed by atoms with E-state index in [1.807, 2.05) is 0 Å². The van der Waals surface area contributed by atoms with Gasteiger partial charge in [-0.3, -0.25) is 14.9 Å². The van der Waals surface area contributed by atoms with E-state index < -0.39 is 16.6 Å². The number of benzene rings is 1. The number of hydrogen-bond acceptors (Lipinski definition) is 5. The molecule has 3 rings (SSSR count). The van der Waals surface area contributed by atoms with Gasteiger partial charge in [0.25, 0.3) is 5.69 Å². The summed E-state index contributed by atoms with van der Waals surface area (Å²) in [6.07, 6.45) is 5.82. The molecule has 0 radical (unpaired) electrons. The molecule has 2 aliphatic rings. The van der Waals surface area contributed by atoms with Crippen molar-refractivity contribution in [3.05, 3.63) is 50.7 Å². The number of nitrogens with zero attached hydrogens (tertiary/aromatic N) is 1. The molecule has 2 unspecified atom stereocenters. The fraction of sp³-hybridized carbons (Fsp3) is 0.412. The van der Waals surface area contributed by atoms with Gasteiger partial charge < -0.3 is 4.74 Å². The Hall–Kier alpha value is -2.21. The van der Waals surface area contributed by atoms with Crippen LogP contribution in [0.5, 0.6) is 0 Å². The molecule has 1 saturated carbocycles. The van der Waals surface area contributed by atoms with Crippen molar-refractivity contribution in [1.82, 2.24) is 0 Å². The van der Waals surface area contributed by atoms with Crippen molar-refractivity contribution in [1.29, 1.82) is 0 Å². The molecule has 0 saturated heterocycles. The van der Waals surface area contributed by atoms with Crippen LogP contribution in [0.4, 0.5) is 5.69 Å². The minimum Gasteiger partial charge on any atom is -0.427 e. The second-order valence-corrected chi connectivity index (χ2v) is 6.61. The molecule has 0 aliphatic heterocycles. The Morgan fingerprint density at radius 3 is 2.79 bits per heavy atom. The van der Waals surface area contributed by atoms with Crippen molar-refractivity contribution in [2.24, 2.45) is 11.8 Å². The number of fused-ring (bicyclic) bond motifs is 1. The number of hydrogen-bond donors (Lipinski definition) is 0. The van der Waals surface area contributed by atoms with Crippen LogP contribution < -0.4 is 0 Å². The van der Waals surface area contributed by atoms with Crippen molar-refractivity contribution in [2.75, 3.05) is 0 Å². The Bertz CT molecular complexity index is 742. The Balaban J connectivity index is 1.80. The van der Waals surface area contributed by atoms with Gasteiger partial charge >= 0.3 is 5.97 Å². The summed E-state index contributed by atoms with van der Waals surface area (Å²) < 4.78 is 5.28. The number of nitro groups is 1. The Morgan fingerprint density at radius 2 is 2.04 bits per heavy atom. The molecule has 0 spiro atoms. The lowest BCUT2D eigenvalue weighted by molar-refractivity contribution is -0.385. The summed E-state index contributed by atoms with van der Waals surface area (Å²) in [5, 5.41) is 11.2. The van der Waals surface area contributed by atoms with Crippen LogP contribution in [0, 0.1) is 22.0 Å². The van der Waals surface area contributed by atoms with Crippen molar-refractivity contribution in [3.8, 4) is 0 Å². The summed E-state index contributed by atoms with van der Waals surface area (Å²) in [7, 11) is 0. The van der Waals surface area contributed by atoms with E-state index in [9.17, 15) is 19.7 Å². The summed E-state index contributed by atoms with van der Waals surface area (Å²) >= 11 is 5.74. The molecule has 126 valence electrons. The van der Waals surface area contributed by atoms with Gasteiger partial charge in [-0.25, -0.2) is 4.79 Å². The minimum absolute atomic E-state index is 0.0145. The predicted molar refractivity (Wildman–Crippen MR) is 86.7 cm³/mol. The number of nitro benzene ring substituents is 1. The van der Waals surface area contributed by atoms with E-state index in [4.69, 9.17) is 16.3 Å². The van der Waals surface area contributed by atoms with Crippen LogP contribution in [0.15, 0.2) is 30.0 Å². The van der Waals surface area contributed by atoms with Crippen LogP contribution >= 0.6 is 11.6 Å². The first kappa shape index (κ1) is 16.6. The van der Waals surface area contributed by atoms with Gasteiger partial charge in [-0.1, -0.05) is 24.4 Å². The average molecular weight is 350 g/mol. The highest BCUT2D eigenvalue weighted by Crippen LogP contribution is 2.39. The van der Waals surface area contributed by atoms with Crippen LogP contribution in [0.1, 0.15) is 42.5 Å². The molecular weight excluding hydrogens is 334 g/mol. The third-order valence-corrected chi connectivity index (χ3v) is 4.88. The fourth-order valence-electron chi connectivity index (χ4n) is 3.48. The molecule has 1 fully saturated rings. The van der Waals surface area contributed by atoms with Crippen LogP contribution in [0.25, 0.3) is 0 Å². The molecule has 0 N–H and O–H groups in total. The summed E-state index contributed by atoms with van der Waals surface area (Å²) in [4.78, 5) is 34.9. The Morgan fingerprint density at radius 1 is 1.29 bits per heavy atom. The molecular formula is C17H16ClNO5. The summed E-state index contributed by atoms with van der Waals surface area (Å²) in [6.45, 7) is 0. The molecule has 0 heterocycles. The summed E-state index contributed by atoms with van der Waals surface area (Å²) in [6, 6.07) is 3.76. The van der Waals surface area contributed by atoms with Crippen molar-refractivity contribution in [3.63, 3.8) is 0 Å². The van der Waals surface area contributed by atoms with Crippen LogP contribution in [0.3, 0.4) is 0 Å². The van der Waals surface area contributed by atoms with E-state index in [0.29, 0.717) is 6.42 Å². The van der Waals surface area contributed by atoms with Crippen molar-refractivity contribution < 1.29 is 19.2 Å². The van der Waals surface area contributed by atoms with Gasteiger partial charge in [0.2, 0.25) is 0 Å². The highest BCUT2D eigenvalue weighted by molar-refractivity contribution is 6.31. The van der Waals surface area contributed by atoms with Gasteiger partial charge in [-0.15, -0.1) is 0 Å². The first-order chi connectivity index (χ1) is 11.5. The SMILES string of the molecule is O=C(OC1=CC(=O)C2CCCCC2C1)c1ccc(Cl)cc1[N+](=O)[O-]. The number of ether oxygens (including phenoxy) is 1. The normalized spacial score (nSPS) is 23.2. The molecule has 1 aromatic carbocycles. The summed E-state index contributed by atoms with van der Waals surface area (Å²) in [5.74, 6) is -0.353. The topological polar surface area (TPSA) is 86.5 Å². The fourth-order valence-corrected chi connectivity index (χ4v) is 3.65. The molecule has 2 aliphatic carbocycles. The quantitative estimate of drug-likeness (QED) is 0.466.